The molecule has 1 aromatic carbocycles. The fraction of sp³-hybridized carbons (Fsp3) is 0.391. The summed E-state index contributed by atoms with van der Waals surface area (Å²) in [7, 11) is 0. The van der Waals surface area contributed by atoms with E-state index < -0.39 is 12.2 Å². The average molecular weight is 490 g/mol. The van der Waals surface area contributed by atoms with Crippen molar-refractivity contribution < 1.29 is 23.9 Å². The van der Waals surface area contributed by atoms with E-state index in [0.29, 0.717) is 40.7 Å². The zero-order valence-electron chi connectivity index (χ0n) is 18.4. The van der Waals surface area contributed by atoms with E-state index in [2.05, 4.69) is 5.32 Å². The topological polar surface area (TPSA) is 88.2 Å². The van der Waals surface area contributed by atoms with Crippen LogP contribution >= 0.6 is 23.8 Å². The molecular formula is C23H24ClN3O5S. The number of anilines is 2. The van der Waals surface area contributed by atoms with Crippen LogP contribution < -0.4 is 15.1 Å². The summed E-state index contributed by atoms with van der Waals surface area (Å²) < 4.78 is 10.7. The summed E-state index contributed by atoms with van der Waals surface area (Å²) in [4.78, 5) is 41.1. The van der Waals surface area contributed by atoms with Crippen LogP contribution in [0.3, 0.4) is 0 Å². The zero-order chi connectivity index (χ0) is 23.7. The standard InChI is InChI=1S/C23H24ClN3O5S/c1-13-7-16(8-14(2)21(13)26-5-6-31-12-20(26)28)27-11-17(32-23(27)30)10-25-22(29)18-9-15(24)3-4-19(18)33/h3,7-9,17H,4-6,10-12H2,1-2H3,(H,25,29). The van der Waals surface area contributed by atoms with Crippen molar-refractivity contribution in [3.63, 3.8) is 0 Å². The fourth-order valence-corrected chi connectivity index (χ4v) is 4.60. The maximum absolute atomic E-state index is 12.5. The third-order valence-corrected chi connectivity index (χ3v) is 6.37. The number of hydrogen-bond donors (Lipinski definition) is 1. The highest BCUT2D eigenvalue weighted by atomic mass is 35.5. The summed E-state index contributed by atoms with van der Waals surface area (Å²) in [5, 5.41) is 3.25. The van der Waals surface area contributed by atoms with Gasteiger partial charge in [0.2, 0.25) is 0 Å². The van der Waals surface area contributed by atoms with E-state index in [1.165, 1.54) is 4.90 Å². The summed E-state index contributed by atoms with van der Waals surface area (Å²) in [6.07, 6.45) is 2.75. The minimum Gasteiger partial charge on any atom is -0.442 e. The van der Waals surface area contributed by atoms with Crippen LogP contribution in [0.1, 0.15) is 17.5 Å². The molecule has 0 aromatic heterocycles. The number of cyclic esters (lactones) is 1. The third-order valence-electron chi connectivity index (χ3n) is 5.72. The van der Waals surface area contributed by atoms with Gasteiger partial charge < -0.3 is 19.7 Å². The Hall–Kier alpha value is -2.75. The molecule has 3 amide bonds. The Morgan fingerprint density at radius 2 is 1.97 bits per heavy atom. The second-order valence-electron chi connectivity index (χ2n) is 8.13. The van der Waals surface area contributed by atoms with Crippen molar-refractivity contribution in [3.05, 3.63) is 46.0 Å². The molecule has 0 bridgehead atoms. The molecule has 1 unspecified atom stereocenters. The highest BCUT2D eigenvalue weighted by molar-refractivity contribution is 7.81. The molecule has 0 spiro atoms. The lowest BCUT2D eigenvalue weighted by Gasteiger charge is -2.30. The molecule has 174 valence electrons. The molecular weight excluding hydrogens is 466 g/mol. The van der Waals surface area contributed by atoms with Gasteiger partial charge in [0.05, 0.1) is 25.3 Å². The van der Waals surface area contributed by atoms with E-state index in [1.54, 1.807) is 17.1 Å². The first-order chi connectivity index (χ1) is 15.7. The Morgan fingerprint density at radius 1 is 1.24 bits per heavy atom. The van der Waals surface area contributed by atoms with Gasteiger partial charge in [-0.1, -0.05) is 29.9 Å². The van der Waals surface area contributed by atoms with Crippen LogP contribution in [-0.4, -0.2) is 61.7 Å². The maximum atomic E-state index is 12.5. The lowest BCUT2D eigenvalue weighted by atomic mass is 10.0. The van der Waals surface area contributed by atoms with Crippen molar-refractivity contribution in [1.29, 1.82) is 0 Å². The third kappa shape index (κ3) is 4.95. The summed E-state index contributed by atoms with van der Waals surface area (Å²) >= 11 is 11.2. The summed E-state index contributed by atoms with van der Waals surface area (Å²) in [5.41, 5.74) is 3.65. The van der Waals surface area contributed by atoms with Gasteiger partial charge in [-0.3, -0.25) is 14.5 Å². The second-order valence-corrected chi connectivity index (χ2v) is 9.06. The van der Waals surface area contributed by atoms with E-state index >= 15 is 0 Å². The highest BCUT2D eigenvalue weighted by Gasteiger charge is 2.34. The SMILES string of the molecule is Cc1cc(N2CC(CNC(=O)C3=CC(Cl)=CCC3=S)OC2=O)cc(C)c1N1CCOCC1=O. The number of benzene rings is 1. The van der Waals surface area contributed by atoms with Gasteiger partial charge in [-0.15, -0.1) is 0 Å². The van der Waals surface area contributed by atoms with Gasteiger partial charge in [-0.05, 0) is 43.2 Å². The summed E-state index contributed by atoms with van der Waals surface area (Å²) in [5.74, 6) is -0.423. The lowest BCUT2D eigenvalue weighted by Crippen LogP contribution is -2.42. The van der Waals surface area contributed by atoms with Crippen molar-refractivity contribution in [2.24, 2.45) is 0 Å². The van der Waals surface area contributed by atoms with Crippen molar-refractivity contribution >= 4 is 58.0 Å². The minimum absolute atomic E-state index is 0.0661. The number of rotatable bonds is 5. The number of ether oxygens (including phenoxy) is 2. The molecule has 2 saturated heterocycles. The first-order valence-electron chi connectivity index (χ1n) is 10.6. The van der Waals surface area contributed by atoms with Crippen LogP contribution in [0.2, 0.25) is 0 Å². The number of amides is 3. The lowest BCUT2D eigenvalue weighted by molar-refractivity contribution is -0.125. The van der Waals surface area contributed by atoms with Crippen molar-refractivity contribution in [2.75, 3.05) is 42.6 Å². The first-order valence-corrected chi connectivity index (χ1v) is 11.4. The average Bonchev–Trinajstić information content (AvgIpc) is 3.15. The van der Waals surface area contributed by atoms with E-state index in [1.807, 2.05) is 26.0 Å². The van der Waals surface area contributed by atoms with Gasteiger partial charge in [0.25, 0.3) is 11.8 Å². The van der Waals surface area contributed by atoms with Gasteiger partial charge in [0, 0.05) is 34.2 Å². The number of carbonyl (C=O) groups excluding carboxylic acids is 3. The Bertz CT molecular complexity index is 1080. The monoisotopic (exact) mass is 489 g/mol. The van der Waals surface area contributed by atoms with E-state index in [0.717, 1.165) is 16.8 Å². The number of nitrogens with zero attached hydrogens (tertiary/aromatic N) is 2. The molecule has 1 aliphatic carbocycles. The maximum Gasteiger partial charge on any atom is 0.414 e. The molecule has 1 atom stereocenters. The van der Waals surface area contributed by atoms with Crippen LogP contribution in [0.5, 0.6) is 0 Å². The number of carbonyl (C=O) groups is 3. The van der Waals surface area contributed by atoms with Gasteiger partial charge in [0.15, 0.2) is 0 Å². The Morgan fingerprint density at radius 3 is 2.67 bits per heavy atom. The molecule has 10 heteroatoms. The van der Waals surface area contributed by atoms with Crippen LogP contribution in [0, 0.1) is 13.8 Å². The number of thiocarbonyl (C=S) groups is 1. The molecule has 3 aliphatic rings. The van der Waals surface area contributed by atoms with Crippen molar-refractivity contribution in [1.82, 2.24) is 5.32 Å². The predicted octanol–water partition coefficient (Wildman–Crippen LogP) is 2.93. The Kier molecular flexibility index (Phi) is 6.83. The van der Waals surface area contributed by atoms with Gasteiger partial charge in [0.1, 0.15) is 12.7 Å². The van der Waals surface area contributed by atoms with E-state index in [9.17, 15) is 14.4 Å². The minimum atomic E-state index is -0.508. The number of halogens is 1. The predicted molar refractivity (Wildman–Crippen MR) is 129 cm³/mol. The molecule has 1 aromatic rings. The second kappa shape index (κ2) is 9.62. The number of nitrogens with one attached hydrogen (secondary N) is 1. The highest BCUT2D eigenvalue weighted by Crippen LogP contribution is 2.32. The normalized spacial score (nSPS) is 21.1. The molecule has 0 saturated carbocycles. The Labute approximate surface area is 202 Å². The number of hydrogen-bond acceptors (Lipinski definition) is 6. The molecule has 1 N–H and O–H groups in total. The number of morpholine rings is 1. The molecule has 8 nitrogen and oxygen atoms in total. The number of allylic oxidation sites excluding steroid dienone is 3. The fourth-order valence-electron chi connectivity index (χ4n) is 4.18. The molecule has 33 heavy (non-hydrogen) atoms. The van der Waals surface area contributed by atoms with E-state index in [-0.39, 0.29) is 31.5 Å². The summed E-state index contributed by atoms with van der Waals surface area (Å²) in [6.45, 7) is 5.31. The van der Waals surface area contributed by atoms with Crippen molar-refractivity contribution in [3.8, 4) is 0 Å². The zero-order valence-corrected chi connectivity index (χ0v) is 19.9. The molecule has 2 heterocycles. The van der Waals surface area contributed by atoms with Gasteiger partial charge in [-0.2, -0.15) is 0 Å². The summed E-state index contributed by atoms with van der Waals surface area (Å²) in [6, 6.07) is 3.74. The molecule has 0 radical (unpaired) electrons. The van der Waals surface area contributed by atoms with Crippen LogP contribution in [0.15, 0.2) is 34.9 Å². The molecule has 2 aliphatic heterocycles. The number of aryl methyl sites for hydroxylation is 2. The van der Waals surface area contributed by atoms with E-state index in [4.69, 9.17) is 33.3 Å². The smallest absolute Gasteiger partial charge is 0.414 e. The van der Waals surface area contributed by atoms with Crippen molar-refractivity contribution in [2.45, 2.75) is 26.4 Å². The Balaban J connectivity index is 1.43. The van der Waals surface area contributed by atoms with Crippen LogP contribution in [0.4, 0.5) is 16.2 Å². The van der Waals surface area contributed by atoms with Gasteiger partial charge >= 0.3 is 6.09 Å². The van der Waals surface area contributed by atoms with Crippen LogP contribution in [0.25, 0.3) is 0 Å². The molecule has 4 rings (SSSR count). The van der Waals surface area contributed by atoms with Crippen LogP contribution in [-0.2, 0) is 19.1 Å². The quantitative estimate of drug-likeness (QED) is 0.640. The largest absolute Gasteiger partial charge is 0.442 e. The molecule has 2 fully saturated rings. The van der Waals surface area contributed by atoms with Gasteiger partial charge in [-0.25, -0.2) is 4.79 Å². The first kappa shape index (κ1) is 23.4.